The largest absolute Gasteiger partial charge is 0.494 e. The Morgan fingerprint density at radius 2 is 1.92 bits per heavy atom. The van der Waals surface area contributed by atoms with Crippen LogP contribution in [0.2, 0.25) is 0 Å². The van der Waals surface area contributed by atoms with Gasteiger partial charge in [-0.15, -0.1) is 0 Å². The quantitative estimate of drug-likeness (QED) is 0.270. The standard InChI is InChI=1S/C27H28N8O3/c1-14(22-15(2)34-35(4)16(22)3)30-27-29-13-18(24(28)36)25(33-27)31-20-11-8-9-17(23(20)37-5)26-32-19-10-6-7-12-21(19)38-26/h6-14H,1-5H3,(H2,28,36)(H2,29,30,31,33). The van der Waals surface area contributed by atoms with E-state index in [1.54, 1.807) is 13.2 Å². The number of primary amides is 1. The number of nitrogens with one attached hydrogen (secondary N) is 2. The van der Waals surface area contributed by atoms with Gasteiger partial charge in [0.15, 0.2) is 11.3 Å². The molecule has 0 bridgehead atoms. The van der Waals surface area contributed by atoms with E-state index in [1.165, 1.54) is 6.20 Å². The molecule has 0 radical (unpaired) electrons. The summed E-state index contributed by atoms with van der Waals surface area (Å²) in [5, 5.41) is 11.0. The van der Waals surface area contributed by atoms with Gasteiger partial charge in [-0.1, -0.05) is 18.2 Å². The number of carbonyl (C=O) groups excluding carboxylic acids is 1. The van der Waals surface area contributed by atoms with Crippen LogP contribution in [0, 0.1) is 13.8 Å². The number of hydrogen-bond donors (Lipinski definition) is 3. The van der Waals surface area contributed by atoms with Crippen LogP contribution in [-0.4, -0.2) is 37.7 Å². The molecule has 0 aliphatic carbocycles. The van der Waals surface area contributed by atoms with Gasteiger partial charge in [-0.3, -0.25) is 9.48 Å². The molecular formula is C27H28N8O3. The summed E-state index contributed by atoms with van der Waals surface area (Å²) in [6, 6.07) is 12.9. The van der Waals surface area contributed by atoms with Crippen LogP contribution in [0.1, 0.15) is 40.3 Å². The van der Waals surface area contributed by atoms with Crippen molar-refractivity contribution in [3.05, 3.63) is 71.2 Å². The van der Waals surface area contributed by atoms with Gasteiger partial charge in [-0.2, -0.15) is 10.1 Å². The summed E-state index contributed by atoms with van der Waals surface area (Å²) in [5.41, 5.74) is 11.4. The summed E-state index contributed by atoms with van der Waals surface area (Å²) in [6.07, 6.45) is 1.40. The SMILES string of the molecule is COc1c(Nc2nc(NC(C)c3c(C)nn(C)c3C)ncc2C(N)=O)cccc1-c1nc2ccccc2o1. The number of anilines is 3. The highest BCUT2D eigenvalue weighted by atomic mass is 16.5. The Balaban J connectivity index is 1.50. The van der Waals surface area contributed by atoms with Crippen molar-refractivity contribution in [2.75, 3.05) is 17.7 Å². The van der Waals surface area contributed by atoms with Crippen molar-refractivity contribution < 1.29 is 13.9 Å². The summed E-state index contributed by atoms with van der Waals surface area (Å²) < 4.78 is 13.5. The maximum atomic E-state index is 12.2. The zero-order valence-electron chi connectivity index (χ0n) is 21.7. The van der Waals surface area contributed by atoms with E-state index in [4.69, 9.17) is 14.9 Å². The number of hydrogen-bond acceptors (Lipinski definition) is 9. The first-order valence-electron chi connectivity index (χ1n) is 12.0. The Morgan fingerprint density at radius 1 is 1.13 bits per heavy atom. The Bertz CT molecular complexity index is 1620. The second-order valence-electron chi connectivity index (χ2n) is 8.89. The lowest BCUT2D eigenvalue weighted by Crippen LogP contribution is -2.17. The van der Waals surface area contributed by atoms with Crippen LogP contribution in [0.25, 0.3) is 22.6 Å². The molecule has 5 aromatic rings. The summed E-state index contributed by atoms with van der Waals surface area (Å²) in [5.74, 6) is 0.761. The van der Waals surface area contributed by atoms with Crippen LogP contribution < -0.4 is 21.1 Å². The number of para-hydroxylation sites is 3. The number of amides is 1. The summed E-state index contributed by atoms with van der Waals surface area (Å²) >= 11 is 0. The minimum atomic E-state index is -0.667. The number of benzene rings is 2. The highest BCUT2D eigenvalue weighted by Crippen LogP contribution is 2.38. The fraction of sp³-hybridized carbons (Fsp3) is 0.222. The van der Waals surface area contributed by atoms with Crippen LogP contribution in [-0.2, 0) is 7.05 Å². The maximum absolute atomic E-state index is 12.2. The number of oxazole rings is 1. The number of nitrogens with two attached hydrogens (primary N) is 1. The van der Waals surface area contributed by atoms with Gasteiger partial charge in [0.25, 0.3) is 5.91 Å². The lowest BCUT2D eigenvalue weighted by molar-refractivity contribution is 0.100. The van der Waals surface area contributed by atoms with Crippen molar-refractivity contribution in [3.63, 3.8) is 0 Å². The van der Waals surface area contributed by atoms with Gasteiger partial charge >= 0.3 is 0 Å². The normalized spacial score (nSPS) is 11.9. The molecule has 194 valence electrons. The number of fused-ring (bicyclic) bond motifs is 1. The molecule has 3 heterocycles. The Kier molecular flexibility index (Phi) is 6.41. The van der Waals surface area contributed by atoms with Crippen LogP contribution in [0.3, 0.4) is 0 Å². The molecule has 0 aliphatic rings. The zero-order valence-corrected chi connectivity index (χ0v) is 21.7. The number of nitrogens with zero attached hydrogens (tertiary/aromatic N) is 5. The van der Waals surface area contributed by atoms with E-state index in [-0.39, 0.29) is 17.4 Å². The monoisotopic (exact) mass is 512 g/mol. The molecule has 1 unspecified atom stereocenters. The molecule has 38 heavy (non-hydrogen) atoms. The molecule has 4 N–H and O–H groups in total. The predicted octanol–water partition coefficient (Wildman–Crippen LogP) is 4.66. The van der Waals surface area contributed by atoms with Gasteiger partial charge in [-0.05, 0) is 45.0 Å². The second-order valence-corrected chi connectivity index (χ2v) is 8.89. The van der Waals surface area contributed by atoms with Gasteiger partial charge in [0.05, 0.1) is 30.1 Å². The van der Waals surface area contributed by atoms with E-state index in [0.29, 0.717) is 34.4 Å². The van der Waals surface area contributed by atoms with E-state index >= 15 is 0 Å². The minimum absolute atomic E-state index is 0.131. The van der Waals surface area contributed by atoms with Gasteiger partial charge in [0, 0.05) is 24.5 Å². The summed E-state index contributed by atoms with van der Waals surface area (Å²) in [4.78, 5) is 25.7. The fourth-order valence-electron chi connectivity index (χ4n) is 4.55. The molecule has 0 saturated carbocycles. The molecular weight excluding hydrogens is 484 g/mol. The fourth-order valence-corrected chi connectivity index (χ4v) is 4.55. The molecule has 5 rings (SSSR count). The molecule has 3 aromatic heterocycles. The van der Waals surface area contributed by atoms with Crippen LogP contribution in [0.4, 0.5) is 17.5 Å². The average Bonchev–Trinajstić information content (AvgIpc) is 3.43. The molecule has 0 aliphatic heterocycles. The highest BCUT2D eigenvalue weighted by molar-refractivity contribution is 5.98. The van der Waals surface area contributed by atoms with Crippen LogP contribution >= 0.6 is 0 Å². The van der Waals surface area contributed by atoms with Gasteiger partial charge in [-0.25, -0.2) is 9.97 Å². The van der Waals surface area contributed by atoms with Crippen molar-refractivity contribution in [1.82, 2.24) is 24.7 Å². The number of carbonyl (C=O) groups is 1. The van der Waals surface area contributed by atoms with Gasteiger partial charge in [0.1, 0.15) is 16.9 Å². The second kappa shape index (κ2) is 9.85. The number of aryl methyl sites for hydroxylation is 2. The Labute approximate surface area is 219 Å². The van der Waals surface area contributed by atoms with E-state index in [1.807, 2.05) is 68.9 Å². The first-order valence-corrected chi connectivity index (χ1v) is 12.0. The van der Waals surface area contributed by atoms with Gasteiger partial charge < -0.3 is 25.5 Å². The number of methoxy groups -OCH3 is 1. The molecule has 1 atom stereocenters. The molecule has 11 heteroatoms. The van der Waals surface area contributed by atoms with E-state index in [0.717, 1.165) is 22.5 Å². The number of ether oxygens (including phenoxy) is 1. The van der Waals surface area contributed by atoms with Crippen molar-refractivity contribution in [2.45, 2.75) is 26.8 Å². The van der Waals surface area contributed by atoms with Crippen LogP contribution in [0.15, 0.2) is 53.1 Å². The third-order valence-electron chi connectivity index (χ3n) is 6.39. The lowest BCUT2D eigenvalue weighted by Gasteiger charge is -2.17. The third kappa shape index (κ3) is 4.49. The maximum Gasteiger partial charge on any atom is 0.254 e. The van der Waals surface area contributed by atoms with Crippen molar-refractivity contribution in [2.24, 2.45) is 12.8 Å². The smallest absolute Gasteiger partial charge is 0.254 e. The van der Waals surface area contributed by atoms with E-state index in [2.05, 4.69) is 30.7 Å². The van der Waals surface area contributed by atoms with Gasteiger partial charge in [0.2, 0.25) is 11.8 Å². The zero-order chi connectivity index (χ0) is 27.0. The van der Waals surface area contributed by atoms with Crippen LogP contribution in [0.5, 0.6) is 5.75 Å². The lowest BCUT2D eigenvalue weighted by atomic mass is 10.1. The van der Waals surface area contributed by atoms with Crippen molar-refractivity contribution in [1.29, 1.82) is 0 Å². The highest BCUT2D eigenvalue weighted by Gasteiger charge is 2.21. The Morgan fingerprint density at radius 3 is 2.61 bits per heavy atom. The molecule has 11 nitrogen and oxygen atoms in total. The van der Waals surface area contributed by atoms with Crippen molar-refractivity contribution in [3.8, 4) is 17.2 Å². The number of aromatic nitrogens is 5. The molecule has 0 fully saturated rings. The Hall–Kier alpha value is -4.93. The van der Waals surface area contributed by atoms with Crippen molar-refractivity contribution >= 4 is 34.5 Å². The van der Waals surface area contributed by atoms with E-state index < -0.39 is 5.91 Å². The molecule has 0 saturated heterocycles. The summed E-state index contributed by atoms with van der Waals surface area (Å²) in [7, 11) is 3.45. The van der Waals surface area contributed by atoms with E-state index in [9.17, 15) is 4.79 Å². The molecule has 1 amide bonds. The summed E-state index contributed by atoms with van der Waals surface area (Å²) in [6.45, 7) is 5.97. The first-order chi connectivity index (χ1) is 18.3. The molecule has 2 aromatic carbocycles. The predicted molar refractivity (Wildman–Crippen MR) is 145 cm³/mol. The first kappa shape index (κ1) is 24.8. The minimum Gasteiger partial charge on any atom is -0.494 e. The average molecular weight is 513 g/mol. The molecule has 0 spiro atoms. The number of rotatable bonds is 8. The topological polar surface area (TPSA) is 146 Å². The third-order valence-corrected chi connectivity index (χ3v) is 6.39.